The van der Waals surface area contributed by atoms with Gasteiger partial charge < -0.3 is 0 Å². The lowest BCUT2D eigenvalue weighted by Crippen LogP contribution is -2.21. The first-order valence-corrected chi connectivity index (χ1v) is 7.05. The van der Waals surface area contributed by atoms with Crippen molar-refractivity contribution in [2.45, 2.75) is 31.3 Å². The van der Waals surface area contributed by atoms with E-state index in [0.29, 0.717) is 15.9 Å². The molecular formula is C10H13BrS2. The molecule has 0 bridgehead atoms. The molecule has 2 aliphatic rings. The summed E-state index contributed by atoms with van der Waals surface area (Å²) < 4.78 is 1.36. The van der Waals surface area contributed by atoms with Crippen LogP contribution in [0, 0.1) is 5.41 Å². The molecule has 0 N–H and O–H groups in total. The van der Waals surface area contributed by atoms with Crippen molar-refractivity contribution in [1.29, 1.82) is 0 Å². The zero-order chi connectivity index (χ0) is 9.64. The van der Waals surface area contributed by atoms with Crippen LogP contribution >= 0.6 is 39.5 Å². The van der Waals surface area contributed by atoms with E-state index in [1.807, 2.05) is 23.5 Å². The first kappa shape index (κ1) is 10.2. The molecule has 0 aromatic rings. The van der Waals surface area contributed by atoms with E-state index in [2.05, 4.69) is 47.5 Å². The maximum Gasteiger partial charge on any atom is 0.0569 e. The van der Waals surface area contributed by atoms with Crippen molar-refractivity contribution < 1.29 is 0 Å². The van der Waals surface area contributed by atoms with Gasteiger partial charge in [-0.3, -0.25) is 0 Å². The molecule has 0 amide bonds. The van der Waals surface area contributed by atoms with E-state index in [1.165, 1.54) is 4.48 Å². The van der Waals surface area contributed by atoms with E-state index in [0.717, 1.165) is 0 Å². The summed E-state index contributed by atoms with van der Waals surface area (Å²) in [5, 5.41) is 5.94. The van der Waals surface area contributed by atoms with Crippen molar-refractivity contribution in [2.24, 2.45) is 5.41 Å². The second-order valence-corrected chi connectivity index (χ2v) is 7.39. The topological polar surface area (TPSA) is 0 Å². The Kier molecular flexibility index (Phi) is 2.63. The Balaban J connectivity index is 2.21. The van der Waals surface area contributed by atoms with Gasteiger partial charge in [0.05, 0.1) is 5.25 Å². The van der Waals surface area contributed by atoms with Crippen LogP contribution in [0.5, 0.6) is 0 Å². The number of hydrogen-bond acceptors (Lipinski definition) is 2. The molecule has 2 unspecified atom stereocenters. The highest BCUT2D eigenvalue weighted by Gasteiger charge is 2.40. The van der Waals surface area contributed by atoms with Crippen LogP contribution in [0.15, 0.2) is 20.9 Å². The van der Waals surface area contributed by atoms with Gasteiger partial charge in [-0.15, -0.1) is 23.5 Å². The zero-order valence-electron chi connectivity index (χ0n) is 8.00. The third-order valence-corrected chi connectivity index (χ3v) is 6.31. The van der Waals surface area contributed by atoms with Crippen LogP contribution in [0.2, 0.25) is 0 Å². The van der Waals surface area contributed by atoms with Gasteiger partial charge in [0, 0.05) is 9.73 Å². The smallest absolute Gasteiger partial charge is 0.0569 e. The summed E-state index contributed by atoms with van der Waals surface area (Å²) >= 11 is 7.54. The number of fused-ring (bicyclic) bond motifs is 1. The normalized spacial score (nSPS) is 32.9. The molecule has 13 heavy (non-hydrogen) atoms. The monoisotopic (exact) mass is 276 g/mol. The summed E-state index contributed by atoms with van der Waals surface area (Å²) in [5.41, 5.74) is 1.92. The summed E-state index contributed by atoms with van der Waals surface area (Å²) in [4.78, 5) is 0. The van der Waals surface area contributed by atoms with Crippen molar-refractivity contribution in [2.75, 3.05) is 0 Å². The minimum Gasteiger partial charge on any atom is -0.124 e. The van der Waals surface area contributed by atoms with Crippen LogP contribution in [0.1, 0.15) is 20.8 Å². The maximum atomic E-state index is 3.63. The SMILES string of the molecule is CC(C)(C)C1=CSC2C(Br)=CSC12. The van der Waals surface area contributed by atoms with E-state index in [1.54, 1.807) is 5.57 Å². The average Bonchev–Trinajstić information content (AvgIpc) is 2.51. The summed E-state index contributed by atoms with van der Waals surface area (Å²) in [6.07, 6.45) is 0. The van der Waals surface area contributed by atoms with E-state index in [9.17, 15) is 0 Å². The fourth-order valence-corrected chi connectivity index (χ4v) is 5.82. The molecule has 0 aromatic carbocycles. The standard InChI is InChI=1S/C10H13BrS2/c1-10(2,3)6-4-12-9-7(11)5-13-8(6)9/h4-5,8-9H,1-3H3. The molecule has 2 aliphatic heterocycles. The first-order chi connectivity index (χ1) is 6.00. The number of halogens is 1. The second kappa shape index (κ2) is 3.35. The molecule has 2 atom stereocenters. The van der Waals surface area contributed by atoms with Gasteiger partial charge in [-0.25, -0.2) is 0 Å². The fraction of sp³-hybridized carbons (Fsp3) is 0.600. The van der Waals surface area contributed by atoms with Crippen LogP contribution in [-0.2, 0) is 0 Å². The van der Waals surface area contributed by atoms with Crippen LogP contribution in [0.3, 0.4) is 0 Å². The lowest BCUT2D eigenvalue weighted by atomic mass is 9.85. The Labute approximate surface area is 96.7 Å². The van der Waals surface area contributed by atoms with Gasteiger partial charge in [0.2, 0.25) is 0 Å². The van der Waals surface area contributed by atoms with Crippen molar-refractivity contribution in [3.05, 3.63) is 20.9 Å². The van der Waals surface area contributed by atoms with E-state index in [-0.39, 0.29) is 0 Å². The average molecular weight is 277 g/mol. The number of thioether (sulfide) groups is 2. The van der Waals surface area contributed by atoms with Gasteiger partial charge in [-0.05, 0) is 21.8 Å². The molecule has 0 nitrogen and oxygen atoms in total. The van der Waals surface area contributed by atoms with Gasteiger partial charge in [0.1, 0.15) is 0 Å². The van der Waals surface area contributed by atoms with Crippen molar-refractivity contribution in [3.8, 4) is 0 Å². The number of rotatable bonds is 0. The fourth-order valence-electron chi connectivity index (χ4n) is 1.61. The molecule has 0 saturated carbocycles. The molecule has 3 heteroatoms. The molecule has 72 valence electrons. The van der Waals surface area contributed by atoms with Gasteiger partial charge in [0.15, 0.2) is 0 Å². The molecule has 0 spiro atoms. The quantitative estimate of drug-likeness (QED) is 0.644. The van der Waals surface area contributed by atoms with Crippen LogP contribution in [-0.4, -0.2) is 10.5 Å². The third kappa shape index (κ3) is 1.75. The molecule has 2 rings (SSSR count). The largest absolute Gasteiger partial charge is 0.124 e. The van der Waals surface area contributed by atoms with Gasteiger partial charge in [0.25, 0.3) is 0 Å². The summed E-state index contributed by atoms with van der Waals surface area (Å²) in [6, 6.07) is 0. The molecule has 0 fully saturated rings. The van der Waals surface area contributed by atoms with Gasteiger partial charge >= 0.3 is 0 Å². The maximum absolute atomic E-state index is 3.63. The summed E-state index contributed by atoms with van der Waals surface area (Å²) in [6.45, 7) is 6.90. The number of hydrogen-bond donors (Lipinski definition) is 0. The van der Waals surface area contributed by atoms with Crippen molar-refractivity contribution >= 4 is 39.5 Å². The Morgan fingerprint density at radius 3 is 2.38 bits per heavy atom. The predicted octanol–water partition coefficient (Wildman–Crippen LogP) is 4.38. The minimum absolute atomic E-state index is 0.324. The van der Waals surface area contributed by atoms with E-state index < -0.39 is 0 Å². The highest BCUT2D eigenvalue weighted by Crippen LogP contribution is 2.53. The van der Waals surface area contributed by atoms with Crippen LogP contribution in [0.25, 0.3) is 0 Å². The van der Waals surface area contributed by atoms with Crippen molar-refractivity contribution in [1.82, 2.24) is 0 Å². The minimum atomic E-state index is 0.324. The lowest BCUT2D eigenvalue weighted by molar-refractivity contribution is 0.492. The van der Waals surface area contributed by atoms with Gasteiger partial charge in [-0.2, -0.15) is 0 Å². The molecular weight excluding hydrogens is 264 g/mol. The van der Waals surface area contributed by atoms with Gasteiger partial charge in [-0.1, -0.05) is 36.7 Å². The molecule has 2 heterocycles. The Morgan fingerprint density at radius 1 is 1.15 bits per heavy atom. The van der Waals surface area contributed by atoms with E-state index in [4.69, 9.17) is 0 Å². The Morgan fingerprint density at radius 2 is 1.77 bits per heavy atom. The molecule has 0 aliphatic carbocycles. The van der Waals surface area contributed by atoms with Crippen molar-refractivity contribution in [3.63, 3.8) is 0 Å². The van der Waals surface area contributed by atoms with Crippen LogP contribution in [0.4, 0.5) is 0 Å². The summed E-state index contributed by atoms with van der Waals surface area (Å²) in [5.74, 6) is 0. The molecule has 0 saturated heterocycles. The Bertz CT molecular complexity index is 286. The van der Waals surface area contributed by atoms with E-state index >= 15 is 0 Å². The Hall–Kier alpha value is 0.660. The third-order valence-electron chi connectivity index (χ3n) is 2.39. The molecule has 0 radical (unpaired) electrons. The highest BCUT2D eigenvalue weighted by molar-refractivity contribution is 9.12. The first-order valence-electron chi connectivity index (χ1n) is 4.37. The molecule has 0 aromatic heterocycles. The predicted molar refractivity (Wildman–Crippen MR) is 67.3 cm³/mol. The van der Waals surface area contributed by atoms with Crippen LogP contribution < -0.4 is 0 Å². The highest BCUT2D eigenvalue weighted by atomic mass is 79.9. The zero-order valence-corrected chi connectivity index (χ0v) is 11.2. The summed E-state index contributed by atoms with van der Waals surface area (Å²) in [7, 11) is 0. The lowest BCUT2D eigenvalue weighted by Gasteiger charge is -2.25. The second-order valence-electron chi connectivity index (χ2n) is 4.44.